The summed E-state index contributed by atoms with van der Waals surface area (Å²) in [6.07, 6.45) is 0.400. The molecule has 2 atom stereocenters. The molecule has 3 aliphatic heterocycles. The van der Waals surface area contributed by atoms with Crippen molar-refractivity contribution in [1.29, 1.82) is 0 Å². The second-order valence-corrected chi connectivity index (χ2v) is 6.01. The second kappa shape index (κ2) is 5.26. The highest BCUT2D eigenvalue weighted by atomic mass is 17.2. The van der Waals surface area contributed by atoms with E-state index in [1.165, 1.54) is 0 Å². The lowest BCUT2D eigenvalue weighted by atomic mass is 9.86. The van der Waals surface area contributed by atoms with Gasteiger partial charge in [0.05, 0.1) is 0 Å². The predicted molar refractivity (Wildman–Crippen MR) is 89.1 cm³/mol. The van der Waals surface area contributed by atoms with Crippen LogP contribution in [-0.2, 0) is 20.3 Å². The van der Waals surface area contributed by atoms with E-state index in [0.29, 0.717) is 12.1 Å². The van der Waals surface area contributed by atoms with Crippen LogP contribution in [0.4, 0.5) is 0 Å². The van der Waals surface area contributed by atoms with Gasteiger partial charge in [-0.2, -0.15) is 9.78 Å². The molecule has 1 saturated heterocycles. The first-order valence-electron chi connectivity index (χ1n) is 8.00. The number of fused-ring (bicyclic) bond motifs is 2. The molecule has 0 radical (unpaired) electrons. The van der Waals surface area contributed by atoms with E-state index in [-0.39, 0.29) is 5.91 Å². The van der Waals surface area contributed by atoms with Crippen LogP contribution in [0.3, 0.4) is 0 Å². The molecule has 0 N–H and O–H groups in total. The largest absolute Gasteiger partial charge is 0.302 e. The standard InChI is InChI=1S/C19H18N2O3/c1-3-18-17(22)21(2)19(24-23-18,15-12-8-5-9-13-15)16(20-18)14-10-6-4-7-11-14/h4-13H,3H2,1-2H3/t18-,19-/m0/s1. The zero-order valence-corrected chi connectivity index (χ0v) is 13.6. The minimum absolute atomic E-state index is 0.195. The zero-order chi connectivity index (χ0) is 16.8. The van der Waals surface area contributed by atoms with Gasteiger partial charge >= 0.3 is 0 Å². The molecule has 1 fully saturated rings. The fraction of sp³-hybridized carbons (Fsp3) is 0.263. The van der Waals surface area contributed by atoms with Crippen molar-refractivity contribution in [3.05, 3.63) is 71.8 Å². The molecule has 0 aromatic heterocycles. The Labute approximate surface area is 140 Å². The first-order chi connectivity index (χ1) is 11.6. The molecule has 5 heteroatoms. The number of hydrogen-bond acceptors (Lipinski definition) is 4. The van der Waals surface area contributed by atoms with Gasteiger partial charge in [-0.15, -0.1) is 0 Å². The van der Waals surface area contributed by atoms with Crippen LogP contribution in [0.15, 0.2) is 65.7 Å². The number of rotatable bonds is 3. The third kappa shape index (κ3) is 1.82. The van der Waals surface area contributed by atoms with Gasteiger partial charge in [-0.1, -0.05) is 67.6 Å². The highest BCUT2D eigenvalue weighted by Gasteiger charge is 2.63. The maximum atomic E-state index is 12.9. The Morgan fingerprint density at radius 3 is 2.25 bits per heavy atom. The fourth-order valence-electron chi connectivity index (χ4n) is 3.33. The van der Waals surface area contributed by atoms with Gasteiger partial charge in [-0.25, -0.2) is 4.99 Å². The molecule has 1 amide bonds. The molecule has 2 bridgehead atoms. The Morgan fingerprint density at radius 2 is 1.62 bits per heavy atom. The lowest BCUT2D eigenvalue weighted by Gasteiger charge is -2.53. The van der Waals surface area contributed by atoms with E-state index in [0.717, 1.165) is 11.1 Å². The Kier molecular flexibility index (Phi) is 3.30. The van der Waals surface area contributed by atoms with Crippen LogP contribution in [0.2, 0.25) is 0 Å². The lowest BCUT2D eigenvalue weighted by Crippen LogP contribution is -2.70. The van der Waals surface area contributed by atoms with Crippen molar-refractivity contribution in [3.8, 4) is 0 Å². The van der Waals surface area contributed by atoms with Crippen molar-refractivity contribution in [3.63, 3.8) is 0 Å². The number of hydrogen-bond donors (Lipinski definition) is 0. The zero-order valence-electron chi connectivity index (χ0n) is 13.6. The van der Waals surface area contributed by atoms with Crippen LogP contribution in [0.5, 0.6) is 0 Å². The van der Waals surface area contributed by atoms with E-state index in [2.05, 4.69) is 0 Å². The van der Waals surface area contributed by atoms with Crippen LogP contribution in [-0.4, -0.2) is 29.3 Å². The summed E-state index contributed by atoms with van der Waals surface area (Å²) in [7, 11) is 1.74. The van der Waals surface area contributed by atoms with E-state index in [9.17, 15) is 4.79 Å². The highest BCUT2D eigenvalue weighted by molar-refractivity contribution is 6.12. The number of benzene rings is 2. The summed E-state index contributed by atoms with van der Waals surface area (Å²) in [6.45, 7) is 1.86. The first-order valence-corrected chi connectivity index (χ1v) is 8.00. The van der Waals surface area contributed by atoms with Crippen molar-refractivity contribution in [2.24, 2.45) is 4.99 Å². The molecule has 0 spiro atoms. The Bertz CT molecular complexity index is 806. The minimum Gasteiger partial charge on any atom is -0.302 e. The van der Waals surface area contributed by atoms with Crippen LogP contribution in [0.25, 0.3) is 0 Å². The third-order valence-corrected chi connectivity index (χ3v) is 4.72. The topological polar surface area (TPSA) is 51.1 Å². The van der Waals surface area contributed by atoms with Crippen molar-refractivity contribution in [1.82, 2.24) is 4.90 Å². The second-order valence-electron chi connectivity index (χ2n) is 6.01. The lowest BCUT2D eigenvalue weighted by molar-refractivity contribution is -0.445. The maximum absolute atomic E-state index is 12.9. The molecule has 24 heavy (non-hydrogen) atoms. The molecule has 122 valence electrons. The molecule has 5 rings (SSSR count). The monoisotopic (exact) mass is 322 g/mol. The van der Waals surface area contributed by atoms with Crippen LogP contribution in [0.1, 0.15) is 24.5 Å². The normalized spacial score (nSPS) is 28.8. The van der Waals surface area contributed by atoms with E-state index in [4.69, 9.17) is 14.8 Å². The third-order valence-electron chi connectivity index (χ3n) is 4.72. The number of carbonyl (C=O) groups is 1. The summed E-state index contributed by atoms with van der Waals surface area (Å²) in [4.78, 5) is 30.6. The van der Waals surface area contributed by atoms with Crippen molar-refractivity contribution in [2.45, 2.75) is 24.8 Å². The summed E-state index contributed by atoms with van der Waals surface area (Å²) >= 11 is 0. The molecule has 2 aromatic rings. The first kappa shape index (κ1) is 15.1. The highest BCUT2D eigenvalue weighted by Crippen LogP contribution is 2.47. The van der Waals surface area contributed by atoms with Gasteiger partial charge in [0.25, 0.3) is 11.6 Å². The summed E-state index contributed by atoms with van der Waals surface area (Å²) in [5.74, 6) is -0.195. The average Bonchev–Trinajstić information content (AvgIpc) is 2.67. The van der Waals surface area contributed by atoms with Crippen LogP contribution >= 0.6 is 0 Å². The average molecular weight is 322 g/mol. The number of aliphatic imine (C=N–C) groups is 1. The predicted octanol–water partition coefficient (Wildman–Crippen LogP) is 2.87. The summed E-state index contributed by atoms with van der Waals surface area (Å²) < 4.78 is 0. The summed E-state index contributed by atoms with van der Waals surface area (Å²) in [6, 6.07) is 19.3. The van der Waals surface area contributed by atoms with Gasteiger partial charge in [-0.3, -0.25) is 4.79 Å². The molecule has 3 heterocycles. The molecular weight excluding hydrogens is 304 g/mol. The van der Waals surface area contributed by atoms with Gasteiger partial charge in [0.2, 0.25) is 5.72 Å². The van der Waals surface area contributed by atoms with Gasteiger partial charge in [-0.05, 0) is 0 Å². The number of nitrogens with zero attached hydrogens (tertiary/aromatic N) is 2. The van der Waals surface area contributed by atoms with E-state index < -0.39 is 11.4 Å². The van der Waals surface area contributed by atoms with E-state index in [1.54, 1.807) is 11.9 Å². The smallest absolute Gasteiger partial charge is 0.283 e. The maximum Gasteiger partial charge on any atom is 0.283 e. The Hall–Kier alpha value is -2.50. The molecule has 0 aliphatic carbocycles. The van der Waals surface area contributed by atoms with Crippen LogP contribution in [0, 0.1) is 0 Å². The summed E-state index contributed by atoms with van der Waals surface area (Å²) in [5.41, 5.74) is -0.105. The fourth-order valence-corrected chi connectivity index (χ4v) is 3.33. The van der Waals surface area contributed by atoms with Gasteiger partial charge in [0.1, 0.15) is 5.71 Å². The van der Waals surface area contributed by atoms with Gasteiger partial charge < -0.3 is 4.90 Å². The molecule has 3 aliphatic rings. The molecule has 0 unspecified atom stereocenters. The van der Waals surface area contributed by atoms with Gasteiger partial charge in [0, 0.05) is 24.6 Å². The SMILES string of the molecule is CC[C@]12N=C(c3ccccc3)[C@](c3ccccc3)(OO1)N(C)C2=O. The Balaban J connectivity index is 2.01. The van der Waals surface area contributed by atoms with Crippen LogP contribution < -0.4 is 0 Å². The van der Waals surface area contributed by atoms with Gasteiger partial charge in [0.15, 0.2) is 0 Å². The molecule has 2 aromatic carbocycles. The van der Waals surface area contributed by atoms with Crippen molar-refractivity contribution < 1.29 is 14.6 Å². The molecule has 0 saturated carbocycles. The van der Waals surface area contributed by atoms with Crippen molar-refractivity contribution >= 4 is 11.6 Å². The Morgan fingerprint density at radius 1 is 1.00 bits per heavy atom. The van der Waals surface area contributed by atoms with E-state index in [1.807, 2.05) is 67.6 Å². The molecule has 5 nitrogen and oxygen atoms in total. The summed E-state index contributed by atoms with van der Waals surface area (Å²) in [5, 5.41) is 0. The molecular formula is C19H18N2O3. The van der Waals surface area contributed by atoms with E-state index >= 15 is 0 Å². The van der Waals surface area contributed by atoms with Crippen molar-refractivity contribution in [2.75, 3.05) is 7.05 Å². The number of carbonyl (C=O) groups excluding carboxylic acids is 1. The minimum atomic E-state index is -1.31. The number of amides is 1. The number of likely N-dealkylation sites (N-methyl/N-ethyl adjacent to an activating group) is 1. The quantitative estimate of drug-likeness (QED) is 0.817.